The largest absolute Gasteiger partial charge is 0.486 e. The Morgan fingerprint density at radius 2 is 2.00 bits per heavy atom. The van der Waals surface area contributed by atoms with E-state index in [1.54, 1.807) is 18.2 Å². The number of Topliss-reactive ketones (excluding diaryl/α,β-unsaturated/α-hetero) is 1. The predicted molar refractivity (Wildman–Crippen MR) is 67.3 cm³/mol. The second-order valence-electron chi connectivity index (χ2n) is 4.14. The number of aromatic nitrogens is 1. The van der Waals surface area contributed by atoms with E-state index in [0.717, 1.165) is 0 Å². The number of fused-ring (bicyclic) bond motifs is 1. The third-order valence-corrected chi connectivity index (χ3v) is 2.78. The molecule has 0 atom stereocenters. The fraction of sp³-hybridized carbons (Fsp3) is 0.231. The quantitative estimate of drug-likeness (QED) is 0.830. The molecular weight excluding hydrogens is 248 g/mol. The number of hydrogen-bond acceptors (Lipinski definition) is 6. The third-order valence-electron chi connectivity index (χ3n) is 2.78. The van der Waals surface area contributed by atoms with Gasteiger partial charge in [0.05, 0.1) is 0 Å². The van der Waals surface area contributed by atoms with E-state index in [4.69, 9.17) is 19.6 Å². The van der Waals surface area contributed by atoms with Crippen LogP contribution < -0.4 is 15.2 Å². The van der Waals surface area contributed by atoms with Crippen LogP contribution in [0.1, 0.15) is 17.4 Å². The van der Waals surface area contributed by atoms with Crippen LogP contribution in [0.3, 0.4) is 0 Å². The van der Waals surface area contributed by atoms with Crippen molar-refractivity contribution in [3.05, 3.63) is 23.9 Å². The average Bonchev–Trinajstić information content (AvgIpc) is 2.80. The standard InChI is InChI=1S/C13H12N2O4/c1-7(16)11-12(19-13(14)15-11)8-2-3-9-10(6-8)18-5-4-17-9/h2-3,6H,4-5H2,1H3,(H2,14,15). The molecule has 1 aromatic carbocycles. The molecule has 2 N–H and O–H groups in total. The molecule has 2 aromatic rings. The Morgan fingerprint density at radius 1 is 1.26 bits per heavy atom. The number of oxazole rings is 1. The van der Waals surface area contributed by atoms with Crippen molar-refractivity contribution in [2.45, 2.75) is 6.92 Å². The Labute approximate surface area is 109 Å². The van der Waals surface area contributed by atoms with Crippen LogP contribution in [-0.2, 0) is 0 Å². The maximum atomic E-state index is 11.5. The van der Waals surface area contributed by atoms with Crippen molar-refractivity contribution < 1.29 is 18.7 Å². The minimum absolute atomic E-state index is 0.0323. The molecule has 2 heterocycles. The van der Waals surface area contributed by atoms with E-state index >= 15 is 0 Å². The fourth-order valence-corrected chi connectivity index (χ4v) is 1.96. The summed E-state index contributed by atoms with van der Waals surface area (Å²) >= 11 is 0. The highest BCUT2D eigenvalue weighted by molar-refractivity contribution is 5.98. The van der Waals surface area contributed by atoms with Gasteiger partial charge in [-0.2, -0.15) is 4.98 Å². The Balaban J connectivity index is 2.09. The molecule has 1 aliphatic rings. The maximum absolute atomic E-state index is 11.5. The summed E-state index contributed by atoms with van der Waals surface area (Å²) in [4.78, 5) is 15.4. The van der Waals surface area contributed by atoms with Gasteiger partial charge >= 0.3 is 0 Å². The highest BCUT2D eigenvalue weighted by atomic mass is 16.6. The number of nitrogen functional groups attached to an aromatic ring is 1. The predicted octanol–water partition coefficient (Wildman–Crippen LogP) is 1.90. The number of carbonyl (C=O) groups excluding carboxylic acids is 1. The minimum atomic E-state index is -0.203. The smallest absolute Gasteiger partial charge is 0.293 e. The molecule has 0 spiro atoms. The summed E-state index contributed by atoms with van der Waals surface area (Å²) in [5, 5.41) is 0. The lowest BCUT2D eigenvalue weighted by Gasteiger charge is -2.18. The van der Waals surface area contributed by atoms with Crippen LogP contribution in [0.5, 0.6) is 11.5 Å². The van der Waals surface area contributed by atoms with E-state index in [1.807, 2.05) is 0 Å². The van der Waals surface area contributed by atoms with E-state index in [9.17, 15) is 4.79 Å². The van der Waals surface area contributed by atoms with Crippen LogP contribution in [0, 0.1) is 0 Å². The van der Waals surface area contributed by atoms with Gasteiger partial charge in [-0.1, -0.05) is 0 Å². The molecule has 0 saturated carbocycles. The Morgan fingerprint density at radius 3 is 2.74 bits per heavy atom. The summed E-state index contributed by atoms with van der Waals surface area (Å²) in [6.45, 7) is 2.44. The molecule has 98 valence electrons. The van der Waals surface area contributed by atoms with E-state index in [1.165, 1.54) is 6.92 Å². The van der Waals surface area contributed by atoms with Gasteiger partial charge in [0.15, 0.2) is 28.7 Å². The average molecular weight is 260 g/mol. The molecule has 0 unspecified atom stereocenters. The van der Waals surface area contributed by atoms with Crippen molar-refractivity contribution in [1.82, 2.24) is 4.98 Å². The van der Waals surface area contributed by atoms with Crippen molar-refractivity contribution in [2.75, 3.05) is 18.9 Å². The van der Waals surface area contributed by atoms with Crippen molar-refractivity contribution >= 4 is 11.8 Å². The van der Waals surface area contributed by atoms with Gasteiger partial charge < -0.3 is 19.6 Å². The first kappa shape index (κ1) is 11.6. The molecule has 0 radical (unpaired) electrons. The van der Waals surface area contributed by atoms with Gasteiger partial charge in [0.1, 0.15) is 13.2 Å². The van der Waals surface area contributed by atoms with Gasteiger partial charge in [-0.05, 0) is 18.2 Å². The molecule has 0 saturated heterocycles. The second-order valence-corrected chi connectivity index (χ2v) is 4.14. The van der Waals surface area contributed by atoms with Gasteiger partial charge in [0, 0.05) is 12.5 Å². The van der Waals surface area contributed by atoms with Gasteiger partial charge in [0.25, 0.3) is 6.01 Å². The maximum Gasteiger partial charge on any atom is 0.293 e. The van der Waals surface area contributed by atoms with Crippen LogP contribution in [0.2, 0.25) is 0 Å². The lowest BCUT2D eigenvalue weighted by atomic mass is 10.1. The summed E-state index contributed by atoms with van der Waals surface area (Å²) in [6.07, 6.45) is 0. The van der Waals surface area contributed by atoms with Crippen LogP contribution in [-0.4, -0.2) is 24.0 Å². The van der Waals surface area contributed by atoms with Gasteiger partial charge in [-0.25, -0.2) is 0 Å². The van der Waals surface area contributed by atoms with E-state index in [0.29, 0.717) is 36.0 Å². The Kier molecular flexibility index (Phi) is 2.63. The molecule has 19 heavy (non-hydrogen) atoms. The van der Waals surface area contributed by atoms with Gasteiger partial charge in [-0.15, -0.1) is 0 Å². The first-order chi connectivity index (χ1) is 9.15. The summed E-state index contributed by atoms with van der Waals surface area (Å²) in [5.41, 5.74) is 6.40. The number of rotatable bonds is 2. The number of carbonyl (C=O) groups is 1. The molecule has 6 heteroatoms. The Bertz CT molecular complexity index is 648. The summed E-state index contributed by atoms with van der Waals surface area (Å²) in [6, 6.07) is 5.27. The molecular formula is C13H12N2O4. The molecule has 6 nitrogen and oxygen atoms in total. The van der Waals surface area contributed by atoms with Crippen LogP contribution >= 0.6 is 0 Å². The lowest BCUT2D eigenvalue weighted by molar-refractivity contribution is 0.101. The van der Waals surface area contributed by atoms with E-state index in [-0.39, 0.29) is 17.5 Å². The van der Waals surface area contributed by atoms with Crippen LogP contribution in [0.15, 0.2) is 22.6 Å². The number of nitrogens with zero attached hydrogens (tertiary/aromatic N) is 1. The first-order valence-corrected chi connectivity index (χ1v) is 5.82. The third kappa shape index (κ3) is 2.01. The lowest BCUT2D eigenvalue weighted by Crippen LogP contribution is -2.15. The topological polar surface area (TPSA) is 87.6 Å². The zero-order valence-corrected chi connectivity index (χ0v) is 10.3. The van der Waals surface area contributed by atoms with Crippen LogP contribution in [0.4, 0.5) is 6.01 Å². The van der Waals surface area contributed by atoms with Gasteiger partial charge in [-0.3, -0.25) is 4.79 Å². The molecule has 3 rings (SSSR count). The molecule has 0 bridgehead atoms. The highest BCUT2D eigenvalue weighted by Gasteiger charge is 2.20. The van der Waals surface area contributed by atoms with Crippen LogP contribution in [0.25, 0.3) is 11.3 Å². The summed E-state index contributed by atoms with van der Waals surface area (Å²) in [7, 11) is 0. The van der Waals surface area contributed by atoms with Crippen molar-refractivity contribution in [2.24, 2.45) is 0 Å². The molecule has 1 aromatic heterocycles. The summed E-state index contributed by atoms with van der Waals surface area (Å²) < 4.78 is 16.2. The number of nitrogens with two attached hydrogens (primary N) is 1. The highest BCUT2D eigenvalue weighted by Crippen LogP contribution is 2.36. The Hall–Kier alpha value is -2.50. The number of ketones is 1. The van der Waals surface area contributed by atoms with Crippen molar-refractivity contribution in [1.29, 1.82) is 0 Å². The molecule has 0 aliphatic carbocycles. The second kappa shape index (κ2) is 4.31. The zero-order chi connectivity index (χ0) is 13.4. The minimum Gasteiger partial charge on any atom is -0.486 e. The first-order valence-electron chi connectivity index (χ1n) is 5.82. The van der Waals surface area contributed by atoms with Crippen molar-refractivity contribution in [3.8, 4) is 22.8 Å². The number of hydrogen-bond donors (Lipinski definition) is 1. The molecule has 1 aliphatic heterocycles. The fourth-order valence-electron chi connectivity index (χ4n) is 1.96. The monoisotopic (exact) mass is 260 g/mol. The summed E-state index contributed by atoms with van der Waals surface area (Å²) in [5.74, 6) is 1.44. The number of anilines is 1. The normalized spacial score (nSPS) is 13.3. The van der Waals surface area contributed by atoms with Crippen molar-refractivity contribution in [3.63, 3.8) is 0 Å². The SMILES string of the molecule is CC(=O)c1nc(N)oc1-c1ccc2c(c1)OCCO2. The zero-order valence-electron chi connectivity index (χ0n) is 10.3. The van der Waals surface area contributed by atoms with Gasteiger partial charge in [0.2, 0.25) is 0 Å². The number of benzene rings is 1. The number of ether oxygens (including phenoxy) is 2. The molecule has 0 amide bonds. The molecule has 0 fully saturated rings. The van der Waals surface area contributed by atoms with E-state index < -0.39 is 0 Å². The van der Waals surface area contributed by atoms with E-state index in [2.05, 4.69) is 4.98 Å².